The maximum Gasteiger partial charge on any atom is 0.0125 e. The van der Waals surface area contributed by atoms with E-state index in [4.69, 9.17) is 0 Å². The Labute approximate surface area is 120 Å². The van der Waals surface area contributed by atoms with Crippen LogP contribution >= 0.6 is 0 Å². The van der Waals surface area contributed by atoms with Gasteiger partial charge in [0, 0.05) is 24.2 Å². The van der Waals surface area contributed by atoms with Crippen molar-refractivity contribution < 1.29 is 0 Å². The van der Waals surface area contributed by atoms with Gasteiger partial charge >= 0.3 is 0 Å². The summed E-state index contributed by atoms with van der Waals surface area (Å²) in [5.41, 5.74) is 0. The zero-order valence-electron chi connectivity index (χ0n) is 13.6. The molecule has 2 heteroatoms. The third kappa shape index (κ3) is 3.95. The molecule has 0 aromatic carbocycles. The van der Waals surface area contributed by atoms with Gasteiger partial charge in [-0.05, 0) is 66.5 Å². The van der Waals surface area contributed by atoms with Crippen molar-refractivity contribution in [2.45, 2.75) is 96.8 Å². The zero-order valence-corrected chi connectivity index (χ0v) is 13.6. The van der Waals surface area contributed by atoms with Gasteiger partial charge in [-0.2, -0.15) is 0 Å². The molecule has 1 heterocycles. The fourth-order valence-corrected chi connectivity index (χ4v) is 4.22. The van der Waals surface area contributed by atoms with E-state index in [1.54, 1.807) is 0 Å². The molecule has 2 rings (SSSR count). The van der Waals surface area contributed by atoms with Crippen LogP contribution in [0.1, 0.15) is 72.6 Å². The van der Waals surface area contributed by atoms with E-state index in [1.807, 2.05) is 0 Å². The third-order valence-electron chi connectivity index (χ3n) is 5.24. The van der Waals surface area contributed by atoms with Crippen LogP contribution in [-0.4, -0.2) is 47.1 Å². The second kappa shape index (κ2) is 7.08. The second-order valence-corrected chi connectivity index (χ2v) is 7.19. The smallest absolute Gasteiger partial charge is 0.0125 e. The number of likely N-dealkylation sites (tertiary alicyclic amines) is 1. The van der Waals surface area contributed by atoms with E-state index >= 15 is 0 Å². The van der Waals surface area contributed by atoms with Gasteiger partial charge in [0.25, 0.3) is 0 Å². The SMILES string of the molecule is CC(C)N1CCC(N(C(C)C)C2CCCCC2)CC1. The number of hydrogen-bond donors (Lipinski definition) is 0. The summed E-state index contributed by atoms with van der Waals surface area (Å²) < 4.78 is 0. The van der Waals surface area contributed by atoms with Gasteiger partial charge in [-0.25, -0.2) is 0 Å². The molecule has 0 spiro atoms. The molecule has 0 aromatic heterocycles. The third-order valence-corrected chi connectivity index (χ3v) is 5.24. The molecule has 0 atom stereocenters. The molecule has 0 radical (unpaired) electrons. The van der Waals surface area contributed by atoms with E-state index in [0.717, 1.165) is 24.2 Å². The lowest BCUT2D eigenvalue weighted by atomic mass is 9.90. The van der Waals surface area contributed by atoms with Crippen molar-refractivity contribution in [2.75, 3.05) is 13.1 Å². The molecule has 1 aliphatic carbocycles. The lowest BCUT2D eigenvalue weighted by molar-refractivity contribution is 0.0267. The van der Waals surface area contributed by atoms with E-state index in [2.05, 4.69) is 37.5 Å². The molecule has 112 valence electrons. The van der Waals surface area contributed by atoms with Gasteiger partial charge in [0.15, 0.2) is 0 Å². The van der Waals surface area contributed by atoms with Crippen LogP contribution in [0.3, 0.4) is 0 Å². The average Bonchev–Trinajstić information content (AvgIpc) is 2.40. The normalized spacial score (nSPS) is 24.8. The molecule has 0 N–H and O–H groups in total. The fraction of sp³-hybridized carbons (Fsp3) is 1.00. The molecule has 0 aromatic rings. The molecule has 0 bridgehead atoms. The van der Waals surface area contributed by atoms with Gasteiger partial charge in [0.1, 0.15) is 0 Å². The number of piperidine rings is 1. The van der Waals surface area contributed by atoms with Crippen molar-refractivity contribution in [1.82, 2.24) is 9.80 Å². The van der Waals surface area contributed by atoms with Crippen LogP contribution in [-0.2, 0) is 0 Å². The first-order valence-corrected chi connectivity index (χ1v) is 8.61. The Balaban J connectivity index is 1.93. The Bertz CT molecular complexity index is 248. The van der Waals surface area contributed by atoms with E-state index in [9.17, 15) is 0 Å². The van der Waals surface area contributed by atoms with Crippen LogP contribution in [0.4, 0.5) is 0 Å². The molecule has 0 unspecified atom stereocenters. The van der Waals surface area contributed by atoms with Gasteiger partial charge in [-0.1, -0.05) is 19.3 Å². The highest BCUT2D eigenvalue weighted by atomic mass is 15.2. The predicted molar refractivity (Wildman–Crippen MR) is 83.6 cm³/mol. The Morgan fingerprint density at radius 1 is 0.789 bits per heavy atom. The first-order valence-electron chi connectivity index (χ1n) is 8.61. The number of nitrogens with zero attached hydrogens (tertiary/aromatic N) is 2. The van der Waals surface area contributed by atoms with Gasteiger partial charge in [-0.3, -0.25) is 4.90 Å². The lowest BCUT2D eigenvalue weighted by Gasteiger charge is -2.46. The fourth-order valence-electron chi connectivity index (χ4n) is 4.22. The lowest BCUT2D eigenvalue weighted by Crippen LogP contribution is -2.53. The van der Waals surface area contributed by atoms with Crippen molar-refractivity contribution in [2.24, 2.45) is 0 Å². The summed E-state index contributed by atoms with van der Waals surface area (Å²) in [6.45, 7) is 12.1. The van der Waals surface area contributed by atoms with Gasteiger partial charge in [-0.15, -0.1) is 0 Å². The quantitative estimate of drug-likeness (QED) is 0.761. The highest BCUT2D eigenvalue weighted by molar-refractivity contribution is 4.88. The number of rotatable bonds is 4. The molecule has 2 fully saturated rings. The minimum absolute atomic E-state index is 0.721. The van der Waals surface area contributed by atoms with E-state index in [1.165, 1.54) is 58.0 Å². The van der Waals surface area contributed by atoms with Crippen molar-refractivity contribution >= 4 is 0 Å². The van der Waals surface area contributed by atoms with E-state index in [-0.39, 0.29) is 0 Å². The summed E-state index contributed by atoms with van der Waals surface area (Å²) in [4.78, 5) is 5.53. The highest BCUT2D eigenvalue weighted by Gasteiger charge is 2.32. The topological polar surface area (TPSA) is 6.48 Å². The van der Waals surface area contributed by atoms with Gasteiger partial charge in [0.05, 0.1) is 0 Å². The second-order valence-electron chi connectivity index (χ2n) is 7.19. The Hall–Kier alpha value is -0.0800. The molecular formula is C17H34N2. The summed E-state index contributed by atoms with van der Waals surface area (Å²) in [7, 11) is 0. The van der Waals surface area contributed by atoms with E-state index in [0.29, 0.717) is 0 Å². The van der Waals surface area contributed by atoms with Crippen molar-refractivity contribution in [1.29, 1.82) is 0 Å². The first kappa shape index (κ1) is 15.3. The maximum absolute atomic E-state index is 2.89. The van der Waals surface area contributed by atoms with Crippen LogP contribution in [0.2, 0.25) is 0 Å². The summed E-state index contributed by atoms with van der Waals surface area (Å²) in [5, 5.41) is 0. The van der Waals surface area contributed by atoms with Gasteiger partial charge < -0.3 is 4.90 Å². The Kier molecular flexibility index (Phi) is 5.70. The largest absolute Gasteiger partial charge is 0.301 e. The Morgan fingerprint density at radius 2 is 1.32 bits per heavy atom. The standard InChI is InChI=1S/C17H34N2/c1-14(2)18-12-10-17(11-13-18)19(15(3)4)16-8-6-5-7-9-16/h14-17H,5-13H2,1-4H3. The molecule has 2 aliphatic rings. The van der Waals surface area contributed by atoms with Crippen LogP contribution in [0.15, 0.2) is 0 Å². The van der Waals surface area contributed by atoms with Crippen molar-refractivity contribution in [3.63, 3.8) is 0 Å². The first-order chi connectivity index (χ1) is 9.09. The van der Waals surface area contributed by atoms with Crippen molar-refractivity contribution in [3.8, 4) is 0 Å². The monoisotopic (exact) mass is 266 g/mol. The van der Waals surface area contributed by atoms with E-state index < -0.39 is 0 Å². The summed E-state index contributed by atoms with van der Waals surface area (Å²) in [6, 6.07) is 3.17. The minimum Gasteiger partial charge on any atom is -0.301 e. The van der Waals surface area contributed by atoms with Crippen molar-refractivity contribution in [3.05, 3.63) is 0 Å². The molecular weight excluding hydrogens is 232 g/mol. The zero-order chi connectivity index (χ0) is 13.8. The van der Waals surface area contributed by atoms with Crippen LogP contribution < -0.4 is 0 Å². The predicted octanol–water partition coefficient (Wildman–Crippen LogP) is 3.90. The van der Waals surface area contributed by atoms with Gasteiger partial charge in [0.2, 0.25) is 0 Å². The van der Waals surface area contributed by atoms with Crippen LogP contribution in [0, 0.1) is 0 Å². The number of hydrogen-bond acceptors (Lipinski definition) is 2. The molecule has 1 aliphatic heterocycles. The summed E-state index contributed by atoms with van der Waals surface area (Å²) in [6.07, 6.45) is 10.0. The highest BCUT2D eigenvalue weighted by Crippen LogP contribution is 2.29. The maximum atomic E-state index is 2.89. The molecule has 0 amide bonds. The summed E-state index contributed by atoms with van der Waals surface area (Å²) in [5.74, 6) is 0. The van der Waals surface area contributed by atoms with Crippen LogP contribution in [0.5, 0.6) is 0 Å². The minimum atomic E-state index is 0.721. The molecule has 19 heavy (non-hydrogen) atoms. The van der Waals surface area contributed by atoms with Crippen LogP contribution in [0.25, 0.3) is 0 Å². The molecule has 1 saturated carbocycles. The summed E-state index contributed by atoms with van der Waals surface area (Å²) >= 11 is 0. The molecule has 2 nitrogen and oxygen atoms in total. The Morgan fingerprint density at radius 3 is 1.79 bits per heavy atom. The average molecular weight is 266 g/mol. The molecule has 1 saturated heterocycles.